The summed E-state index contributed by atoms with van der Waals surface area (Å²) < 4.78 is 5.57. The van der Waals surface area contributed by atoms with Gasteiger partial charge in [-0.3, -0.25) is 4.79 Å². The van der Waals surface area contributed by atoms with Crippen molar-refractivity contribution in [1.29, 1.82) is 0 Å². The van der Waals surface area contributed by atoms with Crippen LogP contribution in [0.2, 0.25) is 0 Å². The predicted molar refractivity (Wildman–Crippen MR) is 88.6 cm³/mol. The van der Waals surface area contributed by atoms with Crippen LogP contribution in [0.1, 0.15) is 29.4 Å². The van der Waals surface area contributed by atoms with Gasteiger partial charge in [-0.15, -0.1) is 0 Å². The van der Waals surface area contributed by atoms with Gasteiger partial charge in [-0.05, 0) is 18.1 Å². The van der Waals surface area contributed by atoms with Crippen LogP contribution in [0.4, 0.5) is 0 Å². The number of carbonyl (C=O) groups is 1. The molecule has 2 atom stereocenters. The van der Waals surface area contributed by atoms with Gasteiger partial charge in [0.1, 0.15) is 18.3 Å². The molecule has 1 heterocycles. The van der Waals surface area contributed by atoms with Gasteiger partial charge in [-0.1, -0.05) is 48.5 Å². The Bertz CT molecular complexity index is 657. The highest BCUT2D eigenvalue weighted by Crippen LogP contribution is 2.33. The van der Waals surface area contributed by atoms with Gasteiger partial charge in [-0.25, -0.2) is 0 Å². The Kier molecular flexibility index (Phi) is 4.93. The van der Waals surface area contributed by atoms with Crippen molar-refractivity contribution in [3.63, 3.8) is 0 Å². The number of aliphatic hydroxyl groups is 1. The molecule has 1 aliphatic heterocycles. The van der Waals surface area contributed by atoms with Crippen LogP contribution in [0.25, 0.3) is 0 Å². The van der Waals surface area contributed by atoms with E-state index in [0.29, 0.717) is 19.6 Å². The molecule has 2 aromatic rings. The van der Waals surface area contributed by atoms with Gasteiger partial charge in [0.05, 0.1) is 0 Å². The number of para-hydroxylation sites is 1. The number of carbonyl (C=O) groups excluding carboxylic acids is 1. The van der Waals surface area contributed by atoms with Crippen molar-refractivity contribution < 1.29 is 14.6 Å². The van der Waals surface area contributed by atoms with E-state index < -0.39 is 0 Å². The number of aliphatic hydroxyl groups excluding tert-OH is 1. The number of rotatable bonds is 6. The molecular weight excluding hydrogens is 290 g/mol. The van der Waals surface area contributed by atoms with E-state index in [4.69, 9.17) is 4.74 Å². The molecule has 0 saturated carbocycles. The van der Waals surface area contributed by atoms with Crippen molar-refractivity contribution in [2.45, 2.75) is 18.3 Å². The van der Waals surface area contributed by atoms with Crippen LogP contribution < -0.4 is 10.1 Å². The van der Waals surface area contributed by atoms with Crippen LogP contribution in [-0.4, -0.2) is 30.8 Å². The van der Waals surface area contributed by atoms with Gasteiger partial charge >= 0.3 is 0 Å². The molecule has 1 amide bonds. The summed E-state index contributed by atoms with van der Waals surface area (Å²) in [5, 5.41) is 12.3. The highest BCUT2D eigenvalue weighted by Gasteiger charge is 2.30. The number of hydrogen-bond donors (Lipinski definition) is 2. The van der Waals surface area contributed by atoms with E-state index in [-0.39, 0.29) is 24.3 Å². The molecule has 120 valence electrons. The summed E-state index contributed by atoms with van der Waals surface area (Å²) in [5.74, 6) is 0.635. The molecule has 2 N–H and O–H groups in total. The quantitative estimate of drug-likeness (QED) is 0.861. The van der Waals surface area contributed by atoms with Crippen LogP contribution in [-0.2, 0) is 4.79 Å². The van der Waals surface area contributed by atoms with Crippen molar-refractivity contribution in [1.82, 2.24) is 5.32 Å². The van der Waals surface area contributed by atoms with Crippen molar-refractivity contribution >= 4 is 5.91 Å². The second-order valence-electron chi connectivity index (χ2n) is 5.77. The van der Waals surface area contributed by atoms with E-state index in [1.165, 1.54) is 0 Å². The molecule has 4 heteroatoms. The van der Waals surface area contributed by atoms with E-state index in [1.807, 2.05) is 54.6 Å². The maximum atomic E-state index is 12.5. The molecule has 0 aliphatic carbocycles. The van der Waals surface area contributed by atoms with Crippen molar-refractivity contribution in [2.24, 2.45) is 0 Å². The fourth-order valence-electron chi connectivity index (χ4n) is 2.99. The summed E-state index contributed by atoms with van der Waals surface area (Å²) in [6.45, 7) is 1.01. The normalized spacial score (nSPS) is 17.2. The third-order valence-corrected chi connectivity index (χ3v) is 4.29. The van der Waals surface area contributed by atoms with Gasteiger partial charge < -0.3 is 15.2 Å². The molecule has 0 fully saturated rings. The maximum Gasteiger partial charge on any atom is 0.231 e. The van der Waals surface area contributed by atoms with E-state index in [0.717, 1.165) is 16.9 Å². The Morgan fingerprint density at radius 2 is 1.91 bits per heavy atom. The first-order valence-corrected chi connectivity index (χ1v) is 7.95. The molecule has 0 aromatic heterocycles. The summed E-state index contributed by atoms with van der Waals surface area (Å²) in [4.78, 5) is 12.5. The average molecular weight is 311 g/mol. The molecule has 23 heavy (non-hydrogen) atoms. The lowest BCUT2D eigenvalue weighted by Gasteiger charge is -2.18. The fraction of sp³-hybridized carbons (Fsp3) is 0.316. The molecule has 4 nitrogen and oxygen atoms in total. The molecule has 2 aromatic carbocycles. The summed E-state index contributed by atoms with van der Waals surface area (Å²) in [6.07, 6.45) is 0.627. The Morgan fingerprint density at radius 1 is 1.17 bits per heavy atom. The number of fused-ring (bicyclic) bond motifs is 1. The molecule has 0 radical (unpaired) electrons. The lowest BCUT2D eigenvalue weighted by atomic mass is 9.95. The summed E-state index contributed by atoms with van der Waals surface area (Å²) >= 11 is 0. The molecule has 0 spiro atoms. The summed E-state index contributed by atoms with van der Waals surface area (Å²) in [6, 6.07) is 17.6. The number of nitrogens with one attached hydrogen (secondary N) is 1. The van der Waals surface area contributed by atoms with Crippen LogP contribution in [0, 0.1) is 0 Å². The SMILES string of the molecule is O=C(NC[C@H](CCO)c1ccccc1)[C@@H]1COc2ccccc21. The van der Waals surface area contributed by atoms with E-state index >= 15 is 0 Å². The van der Waals surface area contributed by atoms with Gasteiger partial charge in [0.15, 0.2) is 0 Å². The van der Waals surface area contributed by atoms with Gasteiger partial charge in [0, 0.05) is 24.6 Å². The number of hydrogen-bond acceptors (Lipinski definition) is 3. The highest BCUT2D eigenvalue weighted by molar-refractivity contribution is 5.85. The zero-order valence-electron chi connectivity index (χ0n) is 12.9. The Hall–Kier alpha value is -2.33. The monoisotopic (exact) mass is 311 g/mol. The number of benzene rings is 2. The standard InChI is InChI=1S/C19H21NO3/c21-11-10-15(14-6-2-1-3-7-14)12-20-19(22)17-13-23-18-9-5-4-8-16(17)18/h1-9,15,17,21H,10-13H2,(H,20,22)/t15-,17+/m0/s1. The maximum absolute atomic E-state index is 12.5. The van der Waals surface area contributed by atoms with Gasteiger partial charge in [0.25, 0.3) is 0 Å². The first-order chi connectivity index (χ1) is 11.3. The van der Waals surface area contributed by atoms with E-state index in [1.54, 1.807) is 0 Å². The predicted octanol–water partition coefficient (Wildman–Crippen LogP) is 2.45. The fourth-order valence-corrected chi connectivity index (χ4v) is 2.99. The summed E-state index contributed by atoms with van der Waals surface area (Å²) in [7, 11) is 0. The van der Waals surface area contributed by atoms with Crippen LogP contribution in [0.5, 0.6) is 5.75 Å². The van der Waals surface area contributed by atoms with Crippen molar-refractivity contribution in [3.8, 4) is 5.75 Å². The largest absolute Gasteiger partial charge is 0.492 e. The molecule has 1 aliphatic rings. The topological polar surface area (TPSA) is 58.6 Å². The minimum Gasteiger partial charge on any atom is -0.492 e. The van der Waals surface area contributed by atoms with Gasteiger partial charge in [0.2, 0.25) is 5.91 Å². The van der Waals surface area contributed by atoms with Crippen LogP contribution in [0.3, 0.4) is 0 Å². The molecule has 0 saturated heterocycles. The Morgan fingerprint density at radius 3 is 2.70 bits per heavy atom. The van der Waals surface area contributed by atoms with E-state index in [2.05, 4.69) is 5.32 Å². The minimum atomic E-state index is -0.253. The summed E-state index contributed by atoms with van der Waals surface area (Å²) in [5.41, 5.74) is 2.08. The number of ether oxygens (including phenoxy) is 1. The van der Waals surface area contributed by atoms with Crippen LogP contribution >= 0.6 is 0 Å². The Balaban J connectivity index is 1.64. The third kappa shape index (κ3) is 3.54. The minimum absolute atomic E-state index is 0.0196. The molecule has 3 rings (SSSR count). The first-order valence-electron chi connectivity index (χ1n) is 7.95. The van der Waals surface area contributed by atoms with Gasteiger partial charge in [-0.2, -0.15) is 0 Å². The zero-order valence-corrected chi connectivity index (χ0v) is 12.9. The second kappa shape index (κ2) is 7.29. The molecule has 0 unspecified atom stereocenters. The lowest BCUT2D eigenvalue weighted by molar-refractivity contribution is -0.122. The van der Waals surface area contributed by atoms with Crippen LogP contribution in [0.15, 0.2) is 54.6 Å². The number of amides is 1. The third-order valence-electron chi connectivity index (χ3n) is 4.29. The smallest absolute Gasteiger partial charge is 0.231 e. The Labute approximate surface area is 136 Å². The first kappa shape index (κ1) is 15.6. The van der Waals surface area contributed by atoms with Crippen molar-refractivity contribution in [2.75, 3.05) is 19.8 Å². The average Bonchev–Trinajstić information content (AvgIpc) is 3.03. The lowest BCUT2D eigenvalue weighted by Crippen LogP contribution is -2.33. The van der Waals surface area contributed by atoms with E-state index in [9.17, 15) is 9.90 Å². The molecule has 0 bridgehead atoms. The highest BCUT2D eigenvalue weighted by atomic mass is 16.5. The zero-order chi connectivity index (χ0) is 16.1. The van der Waals surface area contributed by atoms with Crippen molar-refractivity contribution in [3.05, 3.63) is 65.7 Å². The second-order valence-corrected chi connectivity index (χ2v) is 5.77. The molecular formula is C19H21NO3.